The molecular weight excluding hydrogens is 294 g/mol. The second-order valence-corrected chi connectivity index (χ2v) is 6.72. The molecule has 0 aliphatic heterocycles. The lowest BCUT2D eigenvalue weighted by atomic mass is 10.1. The zero-order valence-electron chi connectivity index (χ0n) is 12.4. The molecule has 0 saturated heterocycles. The molecule has 0 aliphatic rings. The Labute approximate surface area is 125 Å². The van der Waals surface area contributed by atoms with E-state index in [0.29, 0.717) is 12.4 Å². The van der Waals surface area contributed by atoms with E-state index in [1.54, 1.807) is 26.0 Å². The molecule has 0 amide bonds. The van der Waals surface area contributed by atoms with Gasteiger partial charge in [0.2, 0.25) is 10.0 Å². The lowest BCUT2D eigenvalue weighted by Crippen LogP contribution is -2.44. The summed E-state index contributed by atoms with van der Waals surface area (Å²) in [6.07, 6.45) is 0.857. The van der Waals surface area contributed by atoms with Gasteiger partial charge in [-0.1, -0.05) is 20.8 Å². The van der Waals surface area contributed by atoms with E-state index >= 15 is 0 Å². The summed E-state index contributed by atoms with van der Waals surface area (Å²) in [7, 11) is -3.87. The average molecular weight is 315 g/mol. The summed E-state index contributed by atoms with van der Waals surface area (Å²) in [5.41, 5.74) is 0. The molecule has 0 radical (unpaired) electrons. The van der Waals surface area contributed by atoms with E-state index in [0.717, 1.165) is 6.42 Å². The summed E-state index contributed by atoms with van der Waals surface area (Å²) in [5.74, 6) is -0.977. The highest BCUT2D eigenvalue weighted by molar-refractivity contribution is 7.89. The Kier molecular flexibility index (Phi) is 6.17. The minimum absolute atomic E-state index is 0.0123. The quantitative estimate of drug-likeness (QED) is 0.764. The normalized spacial score (nSPS) is 13.1. The minimum atomic E-state index is -3.87. The predicted molar refractivity (Wildman–Crippen MR) is 78.8 cm³/mol. The molecule has 0 spiro atoms. The van der Waals surface area contributed by atoms with Crippen molar-refractivity contribution < 1.29 is 23.1 Å². The van der Waals surface area contributed by atoms with Gasteiger partial charge in [0, 0.05) is 0 Å². The lowest BCUT2D eigenvalue weighted by molar-refractivity contribution is -0.140. The van der Waals surface area contributed by atoms with Crippen LogP contribution in [0.3, 0.4) is 0 Å². The van der Waals surface area contributed by atoms with Crippen LogP contribution in [0.4, 0.5) is 0 Å². The van der Waals surface area contributed by atoms with E-state index in [1.807, 2.05) is 6.92 Å². The SMILES string of the molecule is CCCOc1ccc(S(=O)(=O)N[C@@H](C(=O)O)C(C)C)cc1. The maximum Gasteiger partial charge on any atom is 0.322 e. The molecule has 1 aromatic carbocycles. The molecule has 2 N–H and O–H groups in total. The van der Waals surface area contributed by atoms with Gasteiger partial charge in [0.1, 0.15) is 11.8 Å². The number of benzene rings is 1. The van der Waals surface area contributed by atoms with E-state index in [2.05, 4.69) is 4.72 Å². The lowest BCUT2D eigenvalue weighted by Gasteiger charge is -2.18. The minimum Gasteiger partial charge on any atom is -0.494 e. The molecule has 6 nitrogen and oxygen atoms in total. The number of hydrogen-bond acceptors (Lipinski definition) is 4. The van der Waals surface area contributed by atoms with Crippen LogP contribution in [0.5, 0.6) is 5.75 Å². The average Bonchev–Trinajstić information content (AvgIpc) is 2.42. The van der Waals surface area contributed by atoms with Gasteiger partial charge < -0.3 is 9.84 Å². The Hall–Kier alpha value is -1.60. The number of carboxylic acid groups (broad SMARTS) is 1. The number of carbonyl (C=O) groups is 1. The molecule has 0 unspecified atom stereocenters. The third kappa shape index (κ3) is 5.02. The van der Waals surface area contributed by atoms with Gasteiger partial charge in [-0.15, -0.1) is 0 Å². The smallest absolute Gasteiger partial charge is 0.322 e. The van der Waals surface area contributed by atoms with Crippen LogP contribution in [0, 0.1) is 5.92 Å². The number of rotatable bonds is 8. The molecule has 0 aromatic heterocycles. The van der Waals surface area contributed by atoms with E-state index in [9.17, 15) is 13.2 Å². The first-order chi connectivity index (χ1) is 9.77. The Morgan fingerprint density at radius 3 is 2.29 bits per heavy atom. The van der Waals surface area contributed by atoms with Crippen molar-refractivity contribution in [3.8, 4) is 5.75 Å². The zero-order chi connectivity index (χ0) is 16.0. The van der Waals surface area contributed by atoms with Gasteiger partial charge >= 0.3 is 5.97 Å². The van der Waals surface area contributed by atoms with Crippen LogP contribution in [0.25, 0.3) is 0 Å². The fourth-order valence-corrected chi connectivity index (χ4v) is 2.98. The van der Waals surface area contributed by atoms with E-state index in [4.69, 9.17) is 9.84 Å². The fraction of sp³-hybridized carbons (Fsp3) is 0.500. The molecule has 0 fully saturated rings. The summed E-state index contributed by atoms with van der Waals surface area (Å²) >= 11 is 0. The largest absolute Gasteiger partial charge is 0.494 e. The Balaban J connectivity index is 2.89. The first kappa shape index (κ1) is 17.5. The van der Waals surface area contributed by atoms with Crippen LogP contribution in [0.2, 0.25) is 0 Å². The van der Waals surface area contributed by atoms with E-state index < -0.39 is 22.0 Å². The molecule has 0 bridgehead atoms. The Morgan fingerprint density at radius 1 is 1.29 bits per heavy atom. The standard InChI is InChI=1S/C14H21NO5S/c1-4-9-20-11-5-7-12(8-6-11)21(18,19)15-13(10(2)3)14(16)17/h5-8,10,13,15H,4,9H2,1-3H3,(H,16,17)/t13-/m1/s1. The van der Waals surface area contributed by atoms with Crippen LogP contribution in [-0.2, 0) is 14.8 Å². The van der Waals surface area contributed by atoms with Crippen molar-refractivity contribution in [2.45, 2.75) is 38.1 Å². The second kappa shape index (κ2) is 7.42. The van der Waals surface area contributed by atoms with Crippen LogP contribution >= 0.6 is 0 Å². The summed E-state index contributed by atoms with van der Waals surface area (Å²) in [5, 5.41) is 9.05. The molecule has 0 saturated carbocycles. The molecule has 1 rings (SSSR count). The van der Waals surface area contributed by atoms with Crippen molar-refractivity contribution in [3.05, 3.63) is 24.3 Å². The number of ether oxygens (including phenoxy) is 1. The zero-order valence-corrected chi connectivity index (χ0v) is 13.2. The Morgan fingerprint density at radius 2 is 1.86 bits per heavy atom. The summed E-state index contributed by atoms with van der Waals surface area (Å²) in [4.78, 5) is 11.1. The number of sulfonamides is 1. The highest BCUT2D eigenvalue weighted by Crippen LogP contribution is 2.17. The van der Waals surface area contributed by atoms with Gasteiger partial charge in [0.15, 0.2) is 0 Å². The molecule has 0 heterocycles. The molecule has 1 atom stereocenters. The van der Waals surface area contributed by atoms with Gasteiger partial charge in [0.25, 0.3) is 0 Å². The molecule has 118 valence electrons. The Bertz CT molecular complexity index is 566. The third-order valence-electron chi connectivity index (χ3n) is 2.82. The molecule has 7 heteroatoms. The van der Waals surface area contributed by atoms with Gasteiger partial charge in [-0.25, -0.2) is 8.42 Å². The first-order valence-electron chi connectivity index (χ1n) is 6.76. The van der Waals surface area contributed by atoms with Crippen molar-refractivity contribution in [2.24, 2.45) is 5.92 Å². The first-order valence-corrected chi connectivity index (χ1v) is 8.24. The maximum absolute atomic E-state index is 12.2. The van der Waals surface area contributed by atoms with Crippen molar-refractivity contribution in [2.75, 3.05) is 6.61 Å². The molecule has 1 aromatic rings. The summed E-state index contributed by atoms with van der Waals surface area (Å²) in [6, 6.07) is 4.73. The molecule has 21 heavy (non-hydrogen) atoms. The van der Waals surface area contributed by atoms with Gasteiger partial charge in [-0.2, -0.15) is 4.72 Å². The van der Waals surface area contributed by atoms with Crippen molar-refractivity contribution >= 4 is 16.0 Å². The monoisotopic (exact) mass is 315 g/mol. The van der Waals surface area contributed by atoms with Gasteiger partial charge in [-0.3, -0.25) is 4.79 Å². The van der Waals surface area contributed by atoms with Crippen LogP contribution in [-0.4, -0.2) is 32.1 Å². The predicted octanol–water partition coefficient (Wildman–Crippen LogP) is 1.86. The number of aliphatic carboxylic acids is 1. The number of nitrogens with one attached hydrogen (secondary N) is 1. The summed E-state index contributed by atoms with van der Waals surface area (Å²) in [6.45, 7) is 5.81. The summed E-state index contributed by atoms with van der Waals surface area (Å²) < 4.78 is 31.9. The molecule has 0 aliphatic carbocycles. The topological polar surface area (TPSA) is 92.7 Å². The van der Waals surface area contributed by atoms with Crippen molar-refractivity contribution in [1.29, 1.82) is 0 Å². The number of carboxylic acids is 1. The van der Waals surface area contributed by atoms with Gasteiger partial charge in [0.05, 0.1) is 11.5 Å². The highest BCUT2D eigenvalue weighted by Gasteiger charge is 2.27. The number of hydrogen-bond donors (Lipinski definition) is 2. The third-order valence-corrected chi connectivity index (χ3v) is 4.28. The van der Waals surface area contributed by atoms with Crippen molar-refractivity contribution in [3.63, 3.8) is 0 Å². The van der Waals surface area contributed by atoms with Crippen LogP contribution < -0.4 is 9.46 Å². The molecular formula is C14H21NO5S. The maximum atomic E-state index is 12.2. The van der Waals surface area contributed by atoms with Crippen molar-refractivity contribution in [1.82, 2.24) is 4.72 Å². The van der Waals surface area contributed by atoms with E-state index in [-0.39, 0.29) is 10.8 Å². The van der Waals surface area contributed by atoms with E-state index in [1.165, 1.54) is 12.1 Å². The highest BCUT2D eigenvalue weighted by atomic mass is 32.2. The van der Waals surface area contributed by atoms with Crippen LogP contribution in [0.1, 0.15) is 27.2 Å². The van der Waals surface area contributed by atoms with Gasteiger partial charge in [-0.05, 0) is 36.6 Å². The van der Waals surface area contributed by atoms with Crippen LogP contribution in [0.15, 0.2) is 29.2 Å². The fourth-order valence-electron chi connectivity index (χ4n) is 1.64. The second-order valence-electron chi connectivity index (χ2n) is 5.00.